The van der Waals surface area contributed by atoms with Crippen LogP contribution in [0.2, 0.25) is 10.0 Å². The van der Waals surface area contributed by atoms with Crippen molar-refractivity contribution >= 4 is 29.1 Å². The highest BCUT2D eigenvalue weighted by molar-refractivity contribution is 6.35. The molecule has 2 heterocycles. The van der Waals surface area contributed by atoms with Gasteiger partial charge in [0.25, 0.3) is 5.91 Å². The fraction of sp³-hybridized carbons (Fsp3) is 0.375. The summed E-state index contributed by atoms with van der Waals surface area (Å²) in [6, 6.07) is 5.35. The van der Waals surface area contributed by atoms with Crippen LogP contribution >= 0.6 is 23.2 Å². The summed E-state index contributed by atoms with van der Waals surface area (Å²) in [5.41, 5.74) is 6.95. The minimum atomic E-state index is -0.0233. The molecule has 1 aliphatic heterocycles. The van der Waals surface area contributed by atoms with Crippen molar-refractivity contribution in [3.8, 4) is 5.69 Å². The van der Waals surface area contributed by atoms with Gasteiger partial charge in [-0.1, -0.05) is 23.2 Å². The first-order valence-electron chi connectivity index (χ1n) is 7.50. The molecular formula is C16H18Cl2N4O. The molecule has 0 spiro atoms. The van der Waals surface area contributed by atoms with Crippen molar-refractivity contribution in [3.63, 3.8) is 0 Å². The highest BCUT2D eigenvalue weighted by Gasteiger charge is 2.32. The van der Waals surface area contributed by atoms with Crippen molar-refractivity contribution in [1.82, 2.24) is 14.7 Å². The number of benzene rings is 1. The molecule has 5 nitrogen and oxygen atoms in total. The van der Waals surface area contributed by atoms with Crippen LogP contribution in [0.25, 0.3) is 5.69 Å². The van der Waals surface area contributed by atoms with E-state index in [4.69, 9.17) is 28.9 Å². The fourth-order valence-corrected chi connectivity index (χ4v) is 3.49. The van der Waals surface area contributed by atoms with Crippen LogP contribution in [0.15, 0.2) is 30.6 Å². The molecule has 122 valence electrons. The van der Waals surface area contributed by atoms with Crippen LogP contribution in [0.3, 0.4) is 0 Å². The average Bonchev–Trinajstić information content (AvgIpc) is 3.13. The number of hydrogen-bond donors (Lipinski definition) is 1. The molecule has 1 aromatic heterocycles. The third-order valence-electron chi connectivity index (χ3n) is 4.24. The third-order valence-corrected chi connectivity index (χ3v) is 4.78. The van der Waals surface area contributed by atoms with Crippen molar-refractivity contribution in [3.05, 3.63) is 46.2 Å². The van der Waals surface area contributed by atoms with Crippen molar-refractivity contribution in [2.75, 3.05) is 13.1 Å². The maximum atomic E-state index is 12.7. The summed E-state index contributed by atoms with van der Waals surface area (Å²) in [6.45, 7) is 3.35. The number of amides is 1. The fourth-order valence-electron chi connectivity index (χ4n) is 2.99. The normalized spacial score (nSPS) is 21.0. The molecule has 1 saturated heterocycles. The molecule has 3 rings (SSSR count). The topological polar surface area (TPSA) is 64.2 Å². The van der Waals surface area contributed by atoms with Gasteiger partial charge in [-0.25, -0.2) is 4.68 Å². The average molecular weight is 353 g/mol. The predicted molar refractivity (Wildman–Crippen MR) is 91.2 cm³/mol. The summed E-state index contributed by atoms with van der Waals surface area (Å²) in [6.07, 6.45) is 4.20. The number of carbonyl (C=O) groups excluding carboxylic acids is 1. The maximum absolute atomic E-state index is 12.7. The molecule has 0 saturated carbocycles. The van der Waals surface area contributed by atoms with E-state index < -0.39 is 0 Å². The summed E-state index contributed by atoms with van der Waals surface area (Å²) in [5, 5.41) is 5.29. The monoisotopic (exact) mass is 352 g/mol. The molecule has 2 N–H and O–H groups in total. The Hall–Kier alpha value is -1.56. The van der Waals surface area contributed by atoms with Crippen molar-refractivity contribution in [2.45, 2.75) is 19.4 Å². The molecule has 2 atom stereocenters. The number of nitrogens with two attached hydrogens (primary N) is 1. The third kappa shape index (κ3) is 3.22. The molecule has 2 unspecified atom stereocenters. The quantitative estimate of drug-likeness (QED) is 0.923. The minimum Gasteiger partial charge on any atom is -0.336 e. The SMILES string of the molecule is CC1CC(CN)CN1C(=O)c1cnn(-c2ccc(Cl)cc2Cl)c1. The van der Waals surface area contributed by atoms with Gasteiger partial charge in [0.05, 0.1) is 22.5 Å². The van der Waals surface area contributed by atoms with Crippen LogP contribution < -0.4 is 5.73 Å². The van der Waals surface area contributed by atoms with Gasteiger partial charge in [0.1, 0.15) is 0 Å². The second-order valence-electron chi connectivity index (χ2n) is 5.91. The number of rotatable bonds is 3. The van der Waals surface area contributed by atoms with Gasteiger partial charge < -0.3 is 10.6 Å². The molecule has 0 radical (unpaired) electrons. The number of halogens is 2. The van der Waals surface area contributed by atoms with E-state index in [2.05, 4.69) is 5.10 Å². The standard InChI is InChI=1S/C16H18Cl2N4O/c1-10-4-11(6-19)8-21(10)16(23)12-7-20-22(9-12)15-3-2-13(17)5-14(15)18/h2-3,5,7,9-11H,4,6,8,19H2,1H3. The Balaban J connectivity index is 1.83. The van der Waals surface area contributed by atoms with E-state index in [0.29, 0.717) is 40.3 Å². The van der Waals surface area contributed by atoms with Gasteiger partial charge >= 0.3 is 0 Å². The maximum Gasteiger partial charge on any atom is 0.257 e. The van der Waals surface area contributed by atoms with Crippen LogP contribution in [-0.4, -0.2) is 39.7 Å². The largest absolute Gasteiger partial charge is 0.336 e. The predicted octanol–water partition coefficient (Wildman–Crippen LogP) is 2.99. The van der Waals surface area contributed by atoms with E-state index in [1.807, 2.05) is 11.8 Å². The van der Waals surface area contributed by atoms with Gasteiger partial charge in [-0.05, 0) is 44.0 Å². The number of likely N-dealkylation sites (tertiary alicyclic amines) is 1. The minimum absolute atomic E-state index is 0.0233. The lowest BCUT2D eigenvalue weighted by atomic mass is 10.1. The molecule has 23 heavy (non-hydrogen) atoms. The Morgan fingerprint density at radius 1 is 1.43 bits per heavy atom. The van der Waals surface area contributed by atoms with Gasteiger partial charge in [-0.15, -0.1) is 0 Å². The van der Waals surface area contributed by atoms with Crippen LogP contribution in [0.1, 0.15) is 23.7 Å². The molecule has 1 amide bonds. The first kappa shape index (κ1) is 16.3. The van der Waals surface area contributed by atoms with E-state index >= 15 is 0 Å². The lowest BCUT2D eigenvalue weighted by molar-refractivity contribution is 0.0743. The molecular weight excluding hydrogens is 335 g/mol. The summed E-state index contributed by atoms with van der Waals surface area (Å²) < 4.78 is 1.59. The zero-order chi connectivity index (χ0) is 16.6. The molecule has 1 fully saturated rings. The second-order valence-corrected chi connectivity index (χ2v) is 6.76. The van der Waals surface area contributed by atoms with E-state index in [1.165, 1.54) is 0 Å². The molecule has 2 aromatic rings. The smallest absolute Gasteiger partial charge is 0.257 e. The van der Waals surface area contributed by atoms with Crippen molar-refractivity contribution < 1.29 is 4.79 Å². The summed E-state index contributed by atoms with van der Waals surface area (Å²) in [4.78, 5) is 14.5. The Morgan fingerprint density at radius 3 is 2.87 bits per heavy atom. The zero-order valence-electron chi connectivity index (χ0n) is 12.7. The van der Waals surface area contributed by atoms with Crippen LogP contribution in [-0.2, 0) is 0 Å². The molecule has 7 heteroatoms. The van der Waals surface area contributed by atoms with Gasteiger partial charge in [0.15, 0.2) is 0 Å². The van der Waals surface area contributed by atoms with E-state index in [9.17, 15) is 4.79 Å². The summed E-state index contributed by atoms with van der Waals surface area (Å²) in [7, 11) is 0. The van der Waals surface area contributed by atoms with Gasteiger partial charge in [0.2, 0.25) is 0 Å². The molecule has 0 bridgehead atoms. The van der Waals surface area contributed by atoms with Crippen LogP contribution in [0.5, 0.6) is 0 Å². The Bertz CT molecular complexity index is 731. The first-order chi connectivity index (χ1) is 11.0. The lowest BCUT2D eigenvalue weighted by Gasteiger charge is -2.20. The van der Waals surface area contributed by atoms with Gasteiger partial charge in [-0.2, -0.15) is 5.10 Å². The summed E-state index contributed by atoms with van der Waals surface area (Å²) >= 11 is 12.1. The Morgan fingerprint density at radius 2 is 2.22 bits per heavy atom. The van der Waals surface area contributed by atoms with Crippen LogP contribution in [0.4, 0.5) is 0 Å². The highest BCUT2D eigenvalue weighted by Crippen LogP contribution is 2.26. The van der Waals surface area contributed by atoms with Gasteiger partial charge in [0, 0.05) is 23.8 Å². The Labute approximate surface area is 145 Å². The second kappa shape index (κ2) is 6.51. The van der Waals surface area contributed by atoms with E-state index in [-0.39, 0.29) is 11.9 Å². The number of carbonyl (C=O) groups is 1. The number of nitrogens with zero attached hydrogens (tertiary/aromatic N) is 3. The van der Waals surface area contributed by atoms with Crippen molar-refractivity contribution in [2.24, 2.45) is 11.7 Å². The van der Waals surface area contributed by atoms with E-state index in [0.717, 1.165) is 6.42 Å². The lowest BCUT2D eigenvalue weighted by Crippen LogP contribution is -2.34. The Kier molecular flexibility index (Phi) is 4.62. The molecule has 1 aliphatic rings. The number of hydrogen-bond acceptors (Lipinski definition) is 3. The van der Waals surface area contributed by atoms with Crippen LogP contribution in [0, 0.1) is 5.92 Å². The first-order valence-corrected chi connectivity index (χ1v) is 8.26. The highest BCUT2D eigenvalue weighted by atomic mass is 35.5. The zero-order valence-corrected chi connectivity index (χ0v) is 14.3. The van der Waals surface area contributed by atoms with E-state index in [1.54, 1.807) is 35.3 Å². The molecule has 1 aromatic carbocycles. The van der Waals surface area contributed by atoms with Crippen molar-refractivity contribution in [1.29, 1.82) is 0 Å². The number of aromatic nitrogens is 2. The van der Waals surface area contributed by atoms with Gasteiger partial charge in [-0.3, -0.25) is 4.79 Å². The molecule has 0 aliphatic carbocycles. The summed E-state index contributed by atoms with van der Waals surface area (Å²) in [5.74, 6) is 0.347.